The van der Waals surface area contributed by atoms with Crippen LogP contribution in [-0.4, -0.2) is 41.6 Å². The van der Waals surface area contributed by atoms with Gasteiger partial charge in [0.15, 0.2) is 0 Å². The molecular formula is C9H5F6N3O3. The summed E-state index contributed by atoms with van der Waals surface area (Å²) in [6, 6.07) is 0.466. The highest BCUT2D eigenvalue weighted by Gasteiger charge is 2.25. The van der Waals surface area contributed by atoms with Crippen molar-refractivity contribution in [1.29, 1.82) is 0 Å². The van der Waals surface area contributed by atoms with E-state index in [9.17, 15) is 31.1 Å². The molecule has 1 rings (SSSR count). The Labute approximate surface area is 112 Å². The molecule has 0 aliphatic carbocycles. The number of rotatable bonds is 7. The molecule has 0 N–H and O–H groups in total. The standard InChI is InChI=1S/C9H5F6N3O3/c10-5(11)7(14)20-3-1-4(21-8(15)6(12)13)18-9(17-3)16-2-19/h1,5-8H. The van der Waals surface area contributed by atoms with Crippen LogP contribution in [0.5, 0.6) is 11.8 Å². The molecule has 0 aromatic carbocycles. The van der Waals surface area contributed by atoms with Crippen LogP contribution in [0.25, 0.3) is 0 Å². The summed E-state index contributed by atoms with van der Waals surface area (Å²) in [4.78, 5) is 19.2. The number of halogens is 6. The van der Waals surface area contributed by atoms with E-state index in [1.165, 1.54) is 0 Å². The Morgan fingerprint density at radius 3 is 1.71 bits per heavy atom. The average Bonchev–Trinajstić information content (AvgIpc) is 2.38. The number of alkyl halides is 6. The number of hydrogen-bond acceptors (Lipinski definition) is 6. The molecule has 0 saturated carbocycles. The third-order valence-corrected chi connectivity index (χ3v) is 1.68. The van der Waals surface area contributed by atoms with Crippen LogP contribution in [0.1, 0.15) is 0 Å². The molecule has 2 unspecified atom stereocenters. The molecule has 0 fully saturated rings. The summed E-state index contributed by atoms with van der Waals surface area (Å²) >= 11 is 0. The fraction of sp³-hybridized carbons (Fsp3) is 0.444. The van der Waals surface area contributed by atoms with Gasteiger partial charge in [-0.3, -0.25) is 0 Å². The lowest BCUT2D eigenvalue weighted by Crippen LogP contribution is -2.21. The lowest BCUT2D eigenvalue weighted by atomic mass is 10.5. The van der Waals surface area contributed by atoms with Gasteiger partial charge in [0.25, 0.3) is 18.7 Å². The van der Waals surface area contributed by atoms with E-state index in [1.54, 1.807) is 0 Å². The second-order valence-electron chi connectivity index (χ2n) is 3.15. The van der Waals surface area contributed by atoms with Crippen molar-refractivity contribution in [2.24, 2.45) is 4.99 Å². The van der Waals surface area contributed by atoms with Crippen molar-refractivity contribution in [2.75, 3.05) is 0 Å². The van der Waals surface area contributed by atoms with Gasteiger partial charge in [-0.2, -0.15) is 18.7 Å². The molecule has 21 heavy (non-hydrogen) atoms. The predicted molar refractivity (Wildman–Crippen MR) is 52.9 cm³/mol. The normalized spacial score (nSPS) is 13.7. The van der Waals surface area contributed by atoms with Crippen molar-refractivity contribution in [2.45, 2.75) is 25.6 Å². The summed E-state index contributed by atoms with van der Waals surface area (Å²) in [6.07, 6.45) is -12.3. The molecule has 6 nitrogen and oxygen atoms in total. The van der Waals surface area contributed by atoms with Gasteiger partial charge in [-0.15, -0.1) is 4.99 Å². The zero-order valence-corrected chi connectivity index (χ0v) is 9.72. The number of ether oxygens (including phenoxy) is 2. The van der Waals surface area contributed by atoms with Gasteiger partial charge in [-0.05, 0) is 0 Å². The minimum atomic E-state index is -3.53. The molecule has 1 aromatic heterocycles. The number of nitrogens with zero attached hydrogens (tertiary/aromatic N) is 3. The average molecular weight is 317 g/mol. The highest BCUT2D eigenvalue weighted by molar-refractivity contribution is 5.42. The van der Waals surface area contributed by atoms with Crippen LogP contribution in [-0.2, 0) is 4.79 Å². The first-order chi connectivity index (χ1) is 9.83. The van der Waals surface area contributed by atoms with Gasteiger partial charge in [0.2, 0.25) is 17.8 Å². The second kappa shape index (κ2) is 7.43. The maximum Gasteiger partial charge on any atom is 0.304 e. The maximum atomic E-state index is 12.7. The topological polar surface area (TPSA) is 73.7 Å². The van der Waals surface area contributed by atoms with E-state index in [1.807, 2.05) is 0 Å². The quantitative estimate of drug-likeness (QED) is 0.438. The van der Waals surface area contributed by atoms with Crippen LogP contribution in [0.3, 0.4) is 0 Å². The van der Waals surface area contributed by atoms with E-state index < -0.39 is 43.3 Å². The van der Waals surface area contributed by atoms with Gasteiger partial charge >= 0.3 is 12.9 Å². The molecule has 0 amide bonds. The summed E-state index contributed by atoms with van der Waals surface area (Å²) in [6.45, 7) is 0. The van der Waals surface area contributed by atoms with Crippen molar-refractivity contribution in [3.8, 4) is 11.8 Å². The van der Waals surface area contributed by atoms with Crippen molar-refractivity contribution < 1.29 is 40.6 Å². The second-order valence-corrected chi connectivity index (χ2v) is 3.15. The zero-order chi connectivity index (χ0) is 16.0. The minimum Gasteiger partial charge on any atom is -0.437 e. The van der Waals surface area contributed by atoms with Gasteiger partial charge in [-0.25, -0.2) is 22.4 Å². The molecule has 0 saturated heterocycles. The van der Waals surface area contributed by atoms with Gasteiger partial charge in [0, 0.05) is 0 Å². The minimum absolute atomic E-state index is 0.466. The Bertz CT molecular complexity index is 491. The van der Waals surface area contributed by atoms with Crippen molar-refractivity contribution in [3.05, 3.63) is 6.07 Å². The fourth-order valence-corrected chi connectivity index (χ4v) is 0.937. The number of hydrogen-bond donors (Lipinski definition) is 0. The van der Waals surface area contributed by atoms with Gasteiger partial charge in [0.1, 0.15) is 0 Å². The molecule has 0 bridgehead atoms. The molecule has 1 aromatic rings. The molecule has 0 aliphatic heterocycles. The monoisotopic (exact) mass is 317 g/mol. The molecule has 12 heteroatoms. The van der Waals surface area contributed by atoms with Gasteiger partial charge in [-0.1, -0.05) is 0 Å². The van der Waals surface area contributed by atoms with Gasteiger partial charge < -0.3 is 9.47 Å². The molecule has 116 valence electrons. The number of isocyanates is 1. The van der Waals surface area contributed by atoms with Crippen LogP contribution >= 0.6 is 0 Å². The Hall–Kier alpha value is -2.36. The third-order valence-electron chi connectivity index (χ3n) is 1.68. The third kappa shape index (κ3) is 5.26. The Kier molecular flexibility index (Phi) is 5.91. The Balaban J connectivity index is 3.02. The number of aromatic nitrogens is 2. The number of carbonyl (C=O) groups excluding carboxylic acids is 1. The van der Waals surface area contributed by atoms with Crippen molar-refractivity contribution in [1.82, 2.24) is 9.97 Å². The Morgan fingerprint density at radius 2 is 1.38 bits per heavy atom. The highest BCUT2D eigenvalue weighted by Crippen LogP contribution is 2.24. The molecular weight excluding hydrogens is 312 g/mol. The van der Waals surface area contributed by atoms with E-state index in [4.69, 9.17) is 0 Å². The van der Waals surface area contributed by atoms with Crippen LogP contribution in [0.2, 0.25) is 0 Å². The fourth-order valence-electron chi connectivity index (χ4n) is 0.937. The Morgan fingerprint density at radius 1 is 0.952 bits per heavy atom. The SMILES string of the molecule is O=C=Nc1nc(OC(F)C(F)F)cc(OC(F)C(F)F)n1. The van der Waals surface area contributed by atoms with Crippen LogP contribution in [0.15, 0.2) is 11.1 Å². The zero-order valence-electron chi connectivity index (χ0n) is 9.72. The largest absolute Gasteiger partial charge is 0.437 e. The smallest absolute Gasteiger partial charge is 0.304 e. The molecule has 0 radical (unpaired) electrons. The molecule has 1 heterocycles. The molecule has 0 aliphatic rings. The van der Waals surface area contributed by atoms with Crippen LogP contribution < -0.4 is 9.47 Å². The first kappa shape index (κ1) is 16.7. The highest BCUT2D eigenvalue weighted by atomic mass is 19.3. The van der Waals surface area contributed by atoms with Crippen LogP contribution in [0.4, 0.5) is 32.3 Å². The van der Waals surface area contributed by atoms with Crippen LogP contribution in [0, 0.1) is 0 Å². The van der Waals surface area contributed by atoms with E-state index in [-0.39, 0.29) is 0 Å². The maximum absolute atomic E-state index is 12.7. The van der Waals surface area contributed by atoms with Gasteiger partial charge in [0.05, 0.1) is 6.07 Å². The van der Waals surface area contributed by atoms with E-state index >= 15 is 0 Å². The predicted octanol–water partition coefficient (Wildman–Crippen LogP) is 2.32. The van der Waals surface area contributed by atoms with Crippen molar-refractivity contribution in [3.63, 3.8) is 0 Å². The summed E-state index contributed by atoms with van der Waals surface area (Å²) in [5, 5.41) is 0. The van der Waals surface area contributed by atoms with E-state index in [0.29, 0.717) is 6.07 Å². The lowest BCUT2D eigenvalue weighted by molar-refractivity contribution is -0.0732. The molecule has 0 spiro atoms. The van der Waals surface area contributed by atoms with E-state index in [0.717, 1.165) is 6.08 Å². The molecule has 2 atom stereocenters. The van der Waals surface area contributed by atoms with E-state index in [2.05, 4.69) is 24.4 Å². The summed E-state index contributed by atoms with van der Waals surface area (Å²) < 4.78 is 81.2. The summed E-state index contributed by atoms with van der Waals surface area (Å²) in [5.41, 5.74) is 0. The summed E-state index contributed by atoms with van der Waals surface area (Å²) in [7, 11) is 0. The van der Waals surface area contributed by atoms with Crippen molar-refractivity contribution >= 4 is 12.0 Å². The first-order valence-corrected chi connectivity index (χ1v) is 4.98. The lowest BCUT2D eigenvalue weighted by Gasteiger charge is -2.12. The number of aliphatic imine (C=N–C) groups is 1. The summed E-state index contributed by atoms with van der Waals surface area (Å²) in [5.74, 6) is -2.69. The first-order valence-electron chi connectivity index (χ1n) is 4.98.